The highest BCUT2D eigenvalue weighted by molar-refractivity contribution is 6.10. The number of imidazole rings is 1. The van der Waals surface area contributed by atoms with Crippen LogP contribution in [0.5, 0.6) is 11.5 Å². The number of para-hydroxylation sites is 4. The molecule has 14 rings (SSSR count). The molecule has 0 aliphatic heterocycles. The van der Waals surface area contributed by atoms with Gasteiger partial charge in [-0.2, -0.15) is 0 Å². The number of fused-ring (bicyclic) bond motifs is 12. The molecule has 0 fully saturated rings. The average Bonchev–Trinajstić information content (AvgIpc) is 1.88. The van der Waals surface area contributed by atoms with E-state index >= 15 is 0 Å². The highest BCUT2D eigenvalue weighted by Crippen LogP contribution is 2.51. The molecule has 1 aliphatic carbocycles. The molecule has 0 N–H and O–H groups in total. The second-order valence-electron chi connectivity index (χ2n) is 19.7. The van der Waals surface area contributed by atoms with Crippen molar-refractivity contribution < 1.29 is 23.0 Å². The third-order valence-electron chi connectivity index (χ3n) is 14.3. The van der Waals surface area contributed by atoms with Crippen molar-refractivity contribution >= 4 is 32.8 Å². The van der Waals surface area contributed by atoms with Crippen molar-refractivity contribution in [3.05, 3.63) is 261 Å². The fourth-order valence-electron chi connectivity index (χ4n) is 10.9. The summed E-state index contributed by atoms with van der Waals surface area (Å²) in [5, 5.41) is 2.09. The van der Waals surface area contributed by atoms with Crippen molar-refractivity contribution in [3.8, 4) is 95.5 Å². The summed E-state index contributed by atoms with van der Waals surface area (Å²) in [5.74, 6) is 1.83. The number of nitrogens with zero attached hydrogens (tertiary/aromatic N) is 4. The summed E-state index contributed by atoms with van der Waals surface area (Å²) in [5.41, 5.74) is 12.4. The van der Waals surface area contributed by atoms with Gasteiger partial charge in [0.15, 0.2) is 0 Å². The molecule has 3 heterocycles. The number of ether oxygens (including phenoxy) is 1. The zero-order chi connectivity index (χ0) is 58.9. The average molecular weight is 973 g/mol. The molecule has 0 bridgehead atoms. The van der Waals surface area contributed by atoms with E-state index in [1.807, 2.05) is 89.6 Å². The van der Waals surface area contributed by atoms with Gasteiger partial charge in [0.05, 0.1) is 47.1 Å². The highest BCUT2D eigenvalue weighted by atomic mass is 16.5. The molecule has 0 saturated heterocycles. The topological polar surface area (TPSA) is 35.9 Å². The van der Waals surface area contributed by atoms with E-state index < -0.39 is 60.4 Å². The van der Waals surface area contributed by atoms with Crippen LogP contribution >= 0.6 is 0 Å². The molecule has 10 aromatic carbocycles. The van der Waals surface area contributed by atoms with E-state index in [2.05, 4.69) is 117 Å². The van der Waals surface area contributed by atoms with Crippen molar-refractivity contribution in [1.29, 1.82) is 0 Å². The molecule has 75 heavy (non-hydrogen) atoms. The summed E-state index contributed by atoms with van der Waals surface area (Å²) in [6.45, 7) is 6.57. The molecular formula is C70H50N4O. The third kappa shape index (κ3) is 7.38. The molecule has 0 saturated carbocycles. The smallest absolute Gasteiger partial charge is 0.269 e. The lowest BCUT2D eigenvalue weighted by molar-refractivity contribution is -0.571. The van der Waals surface area contributed by atoms with E-state index in [-0.39, 0.29) is 33.4 Å². The normalized spacial score (nSPS) is 13.8. The standard InChI is InChI=1S/C70H50N4O/c1-70(2,3)48-39-40-71-67(41-48)74-62-34-17-16-30-58(62)59-38-37-49(43-65(59)74)75-50-42-61-57-29-13-12-27-55(57)53-25-10-11-26-54(53)56-28-14-15-31-60(56)68(61)66(44-50)72-45-73(64-36-19-18-35-63(64)72)69-51(46-21-6-4-7-22-46)32-20-33-52(69)47-23-8-5-9-24-47/h4-44H,1-3H3/i4D,5D,6D,7D,8D,9D,21D,22D,23D,24D. The van der Waals surface area contributed by atoms with Gasteiger partial charge in [-0.3, -0.25) is 13.7 Å². The summed E-state index contributed by atoms with van der Waals surface area (Å²) in [4.78, 5) is 4.94. The molecular weight excluding hydrogens is 913 g/mol. The maximum Gasteiger partial charge on any atom is 0.269 e. The number of aromatic nitrogens is 4. The van der Waals surface area contributed by atoms with E-state index in [4.69, 9.17) is 17.9 Å². The minimum Gasteiger partial charge on any atom is -0.458 e. The van der Waals surface area contributed by atoms with Crippen LogP contribution in [0.4, 0.5) is 0 Å². The maximum absolute atomic E-state index is 9.31. The summed E-state index contributed by atoms with van der Waals surface area (Å²) in [6.07, 6.45) is 5.56. The van der Waals surface area contributed by atoms with Crippen LogP contribution in [0.2, 0.25) is 0 Å². The molecule has 0 radical (unpaired) electrons. The van der Waals surface area contributed by atoms with Crippen molar-refractivity contribution in [2.24, 2.45) is 0 Å². The second kappa shape index (κ2) is 17.6. The van der Waals surface area contributed by atoms with E-state index in [1.54, 1.807) is 22.8 Å². The lowest BCUT2D eigenvalue weighted by Gasteiger charge is -2.26. The van der Waals surface area contributed by atoms with Crippen LogP contribution < -0.4 is 9.30 Å². The Labute approximate surface area is 450 Å². The quantitative estimate of drug-likeness (QED) is 0.118. The van der Waals surface area contributed by atoms with Crippen LogP contribution in [0.1, 0.15) is 40.0 Å². The van der Waals surface area contributed by atoms with E-state index in [0.29, 0.717) is 28.2 Å². The van der Waals surface area contributed by atoms with Gasteiger partial charge in [-0.15, -0.1) is 0 Å². The lowest BCUT2D eigenvalue weighted by Crippen LogP contribution is -2.31. The third-order valence-corrected chi connectivity index (χ3v) is 14.3. The number of benzene rings is 10. The van der Waals surface area contributed by atoms with E-state index in [1.165, 1.54) is 0 Å². The van der Waals surface area contributed by atoms with Gasteiger partial charge in [0.25, 0.3) is 6.33 Å². The summed E-state index contributed by atoms with van der Waals surface area (Å²) in [7, 11) is 0. The molecule has 356 valence electrons. The Morgan fingerprint density at radius 2 is 1.03 bits per heavy atom. The Bertz CT molecular complexity index is 4850. The Balaban J connectivity index is 1.08. The SMILES string of the molecule is [2H]c1c([2H])c([2H])c(-c2cccc(-c3c([2H])c([2H])c([2H])c([2H])c3[2H])c2-[n+]2[c-]n(-c3cc(Oc4ccc5c6ccccc6n(-c6cc(C(C)(C)C)ccn6)c5c4)cc4c3-c3ccccc3-c3ccccc3-c3ccccc3-4)c3ccccc32)c([2H])c1[2H]. The van der Waals surface area contributed by atoms with Gasteiger partial charge in [-0.25, -0.2) is 4.98 Å². The Hall–Kier alpha value is -9.58. The van der Waals surface area contributed by atoms with E-state index in [9.17, 15) is 5.48 Å². The Kier molecular flexibility index (Phi) is 8.14. The van der Waals surface area contributed by atoms with Crippen LogP contribution in [0.15, 0.2) is 249 Å². The van der Waals surface area contributed by atoms with Gasteiger partial charge >= 0.3 is 0 Å². The first-order valence-electron chi connectivity index (χ1n) is 29.9. The van der Waals surface area contributed by atoms with Gasteiger partial charge in [-0.1, -0.05) is 215 Å². The van der Waals surface area contributed by atoms with Crippen molar-refractivity contribution in [2.45, 2.75) is 26.2 Å². The maximum atomic E-state index is 9.31. The second-order valence-corrected chi connectivity index (χ2v) is 19.7. The molecule has 0 amide bonds. The fraction of sp³-hybridized carbons (Fsp3) is 0.0571. The summed E-state index contributed by atoms with van der Waals surface area (Å²) >= 11 is 0. The monoisotopic (exact) mass is 972 g/mol. The van der Waals surface area contributed by atoms with Gasteiger partial charge in [-0.05, 0) is 115 Å². The molecule has 1 aliphatic rings. The van der Waals surface area contributed by atoms with Crippen molar-refractivity contribution in [3.63, 3.8) is 0 Å². The van der Waals surface area contributed by atoms with Crippen LogP contribution in [0.25, 0.3) is 117 Å². The molecule has 0 atom stereocenters. The van der Waals surface area contributed by atoms with Crippen LogP contribution in [0, 0.1) is 6.33 Å². The number of hydrogen-bond donors (Lipinski definition) is 0. The fourth-order valence-corrected chi connectivity index (χ4v) is 10.9. The molecule has 5 heteroatoms. The lowest BCUT2D eigenvalue weighted by atomic mass is 9.80. The van der Waals surface area contributed by atoms with E-state index in [0.717, 1.165) is 77.7 Å². The number of hydrogen-bond acceptors (Lipinski definition) is 2. The van der Waals surface area contributed by atoms with Crippen LogP contribution in [-0.4, -0.2) is 14.1 Å². The summed E-state index contributed by atoms with van der Waals surface area (Å²) < 4.78 is 103. The first kappa shape index (κ1) is 34.7. The van der Waals surface area contributed by atoms with Crippen molar-refractivity contribution in [2.75, 3.05) is 0 Å². The van der Waals surface area contributed by atoms with Gasteiger partial charge < -0.3 is 4.74 Å². The minimum absolute atomic E-state index is 0.129. The predicted molar refractivity (Wildman–Crippen MR) is 307 cm³/mol. The van der Waals surface area contributed by atoms with Gasteiger partial charge in [0, 0.05) is 28.6 Å². The number of rotatable bonds is 7. The molecule has 5 nitrogen and oxygen atoms in total. The van der Waals surface area contributed by atoms with Gasteiger partial charge in [0.2, 0.25) is 0 Å². The minimum atomic E-state index is -0.578. The number of pyridine rings is 1. The first-order valence-corrected chi connectivity index (χ1v) is 24.9. The Morgan fingerprint density at radius 1 is 0.480 bits per heavy atom. The van der Waals surface area contributed by atoms with Gasteiger partial charge in [0.1, 0.15) is 17.3 Å². The predicted octanol–water partition coefficient (Wildman–Crippen LogP) is 17.6. The summed E-state index contributed by atoms with van der Waals surface area (Å²) in [6, 6.07) is 54.8. The van der Waals surface area contributed by atoms with Crippen LogP contribution in [-0.2, 0) is 5.41 Å². The highest BCUT2D eigenvalue weighted by Gasteiger charge is 2.28. The molecule has 0 spiro atoms. The molecule has 13 aromatic rings. The zero-order valence-corrected chi connectivity index (χ0v) is 41.1. The largest absolute Gasteiger partial charge is 0.458 e. The Morgan fingerprint density at radius 3 is 1.68 bits per heavy atom. The zero-order valence-electron chi connectivity index (χ0n) is 51.1. The molecule has 0 unspecified atom stereocenters. The van der Waals surface area contributed by atoms with Crippen molar-refractivity contribution in [1.82, 2.24) is 14.1 Å². The molecule has 3 aromatic heterocycles. The first-order chi connectivity index (χ1) is 41.0. The van der Waals surface area contributed by atoms with Crippen LogP contribution in [0.3, 0.4) is 0 Å².